The molecule has 0 saturated carbocycles. The Labute approximate surface area is 133 Å². The quantitative estimate of drug-likeness (QED) is 0.820. The van der Waals surface area contributed by atoms with Crippen molar-refractivity contribution in [2.75, 3.05) is 17.6 Å². The van der Waals surface area contributed by atoms with E-state index in [-0.39, 0.29) is 0 Å². The molecule has 4 nitrogen and oxygen atoms in total. The van der Waals surface area contributed by atoms with E-state index in [2.05, 4.69) is 48.2 Å². The molecule has 0 spiro atoms. The minimum Gasteiger partial charge on any atom is -0.384 e. The highest BCUT2D eigenvalue weighted by Crippen LogP contribution is 2.13. The van der Waals surface area contributed by atoms with Crippen LogP contribution in [0.15, 0.2) is 36.7 Å². The van der Waals surface area contributed by atoms with Crippen LogP contribution < -0.4 is 11.1 Å². The second-order valence-electron chi connectivity index (χ2n) is 6.43. The normalized spacial score (nSPS) is 12.4. The van der Waals surface area contributed by atoms with Crippen molar-refractivity contribution in [2.45, 2.75) is 33.6 Å². The molecule has 0 radical (unpaired) electrons. The molecule has 0 aliphatic carbocycles. The van der Waals surface area contributed by atoms with Crippen molar-refractivity contribution in [3.8, 4) is 0 Å². The molecule has 1 atom stereocenters. The number of nitrogens with two attached hydrogens (primary N) is 1. The largest absolute Gasteiger partial charge is 0.384 e. The minimum absolute atomic E-state index is 0.499. The molecule has 0 fully saturated rings. The molecule has 0 bridgehead atoms. The van der Waals surface area contributed by atoms with Crippen molar-refractivity contribution in [1.29, 1.82) is 0 Å². The zero-order chi connectivity index (χ0) is 15.9. The first kappa shape index (κ1) is 16.3. The topological polar surface area (TPSA) is 63.8 Å². The molecule has 118 valence electrons. The van der Waals surface area contributed by atoms with Gasteiger partial charge in [-0.2, -0.15) is 0 Å². The van der Waals surface area contributed by atoms with Crippen molar-refractivity contribution < 1.29 is 0 Å². The van der Waals surface area contributed by atoms with Crippen LogP contribution in [0.5, 0.6) is 0 Å². The van der Waals surface area contributed by atoms with E-state index in [1.165, 1.54) is 11.1 Å². The van der Waals surface area contributed by atoms with Crippen molar-refractivity contribution in [3.05, 3.63) is 47.8 Å². The van der Waals surface area contributed by atoms with E-state index >= 15 is 0 Å². The molecule has 0 amide bonds. The van der Waals surface area contributed by atoms with Gasteiger partial charge in [0.25, 0.3) is 0 Å². The Kier molecular flexibility index (Phi) is 5.75. The highest BCUT2D eigenvalue weighted by molar-refractivity contribution is 5.36. The molecule has 2 rings (SSSR count). The first-order chi connectivity index (χ1) is 10.5. The van der Waals surface area contributed by atoms with Crippen LogP contribution in [0, 0.1) is 11.8 Å². The molecule has 0 aliphatic heterocycles. The Morgan fingerprint density at radius 1 is 1.05 bits per heavy atom. The first-order valence-corrected chi connectivity index (χ1v) is 7.92. The summed E-state index contributed by atoms with van der Waals surface area (Å²) in [5.41, 5.74) is 8.23. The van der Waals surface area contributed by atoms with Crippen LogP contribution in [0.3, 0.4) is 0 Å². The number of nitrogen functional groups attached to an aromatic ring is 1. The van der Waals surface area contributed by atoms with E-state index in [0.29, 0.717) is 17.7 Å². The maximum Gasteiger partial charge on any atom is 0.125 e. The van der Waals surface area contributed by atoms with Gasteiger partial charge in [0.05, 0.1) is 0 Å². The highest BCUT2D eigenvalue weighted by atomic mass is 15.0. The molecule has 2 heterocycles. The van der Waals surface area contributed by atoms with Crippen LogP contribution in [-0.4, -0.2) is 16.5 Å². The number of aromatic nitrogens is 2. The van der Waals surface area contributed by atoms with Gasteiger partial charge in [0.1, 0.15) is 11.6 Å². The summed E-state index contributed by atoms with van der Waals surface area (Å²) in [6.07, 6.45) is 5.79. The summed E-state index contributed by atoms with van der Waals surface area (Å²) in [4.78, 5) is 8.51. The van der Waals surface area contributed by atoms with E-state index in [9.17, 15) is 0 Å². The molecule has 2 aromatic rings. The Bertz CT molecular complexity index is 578. The second kappa shape index (κ2) is 7.78. The molecular weight excluding hydrogens is 272 g/mol. The minimum atomic E-state index is 0.499. The van der Waals surface area contributed by atoms with Crippen LogP contribution in [0.2, 0.25) is 0 Å². The van der Waals surface area contributed by atoms with E-state index in [1.807, 2.05) is 18.3 Å². The van der Waals surface area contributed by atoms with E-state index in [1.54, 1.807) is 6.20 Å². The van der Waals surface area contributed by atoms with Crippen molar-refractivity contribution >= 4 is 11.6 Å². The second-order valence-corrected chi connectivity index (χ2v) is 6.43. The summed E-state index contributed by atoms with van der Waals surface area (Å²) >= 11 is 0. The molecule has 3 N–H and O–H groups in total. The van der Waals surface area contributed by atoms with Gasteiger partial charge in [-0.15, -0.1) is 0 Å². The van der Waals surface area contributed by atoms with Gasteiger partial charge in [-0.05, 0) is 54.0 Å². The first-order valence-electron chi connectivity index (χ1n) is 7.92. The van der Waals surface area contributed by atoms with Gasteiger partial charge in [0.2, 0.25) is 0 Å². The zero-order valence-corrected chi connectivity index (χ0v) is 13.7. The predicted molar refractivity (Wildman–Crippen MR) is 92.8 cm³/mol. The fourth-order valence-corrected chi connectivity index (χ4v) is 2.50. The molecule has 0 saturated heterocycles. The van der Waals surface area contributed by atoms with E-state index in [0.717, 1.165) is 25.2 Å². The number of hydrogen-bond acceptors (Lipinski definition) is 4. The summed E-state index contributed by atoms with van der Waals surface area (Å²) in [7, 11) is 0. The molecule has 22 heavy (non-hydrogen) atoms. The van der Waals surface area contributed by atoms with Gasteiger partial charge >= 0.3 is 0 Å². The lowest BCUT2D eigenvalue weighted by Gasteiger charge is -2.14. The maximum absolute atomic E-state index is 5.71. The van der Waals surface area contributed by atoms with Crippen LogP contribution in [0.25, 0.3) is 0 Å². The maximum atomic E-state index is 5.71. The molecule has 4 heteroatoms. The standard InChI is InChI=1S/C18H26N4/c1-13(2)8-16-4-5-18(22-12-16)21-11-14(3)9-15-6-7-20-17(19)10-15/h4-7,10,12-14H,8-9,11H2,1-3H3,(H2,19,20)(H,21,22). The summed E-state index contributed by atoms with van der Waals surface area (Å²) in [5, 5.41) is 3.40. The van der Waals surface area contributed by atoms with Crippen molar-refractivity contribution in [3.63, 3.8) is 0 Å². The van der Waals surface area contributed by atoms with E-state index in [4.69, 9.17) is 5.73 Å². The number of anilines is 2. The lowest BCUT2D eigenvalue weighted by Crippen LogP contribution is -2.14. The monoisotopic (exact) mass is 298 g/mol. The average molecular weight is 298 g/mol. The molecule has 0 aromatic carbocycles. The number of rotatable bonds is 7. The number of hydrogen-bond donors (Lipinski definition) is 2. The molecule has 2 aromatic heterocycles. The summed E-state index contributed by atoms with van der Waals surface area (Å²) in [6.45, 7) is 7.55. The summed E-state index contributed by atoms with van der Waals surface area (Å²) in [5.74, 6) is 2.68. The molecular formula is C18H26N4. The van der Waals surface area contributed by atoms with Crippen LogP contribution in [0.4, 0.5) is 11.6 Å². The van der Waals surface area contributed by atoms with Crippen LogP contribution in [-0.2, 0) is 12.8 Å². The lowest BCUT2D eigenvalue weighted by atomic mass is 10.0. The Hall–Kier alpha value is -2.10. The average Bonchev–Trinajstić information content (AvgIpc) is 2.46. The predicted octanol–water partition coefficient (Wildman–Crippen LogP) is 3.55. The number of pyridine rings is 2. The number of nitrogens with one attached hydrogen (secondary N) is 1. The smallest absolute Gasteiger partial charge is 0.125 e. The molecule has 0 aliphatic rings. The third kappa shape index (κ3) is 5.35. The van der Waals surface area contributed by atoms with Crippen LogP contribution >= 0.6 is 0 Å². The Morgan fingerprint density at radius 3 is 2.50 bits per heavy atom. The van der Waals surface area contributed by atoms with Crippen LogP contribution in [0.1, 0.15) is 31.9 Å². The molecule has 1 unspecified atom stereocenters. The third-order valence-corrected chi connectivity index (χ3v) is 3.53. The number of nitrogens with zero attached hydrogens (tertiary/aromatic N) is 2. The van der Waals surface area contributed by atoms with Gasteiger partial charge in [-0.3, -0.25) is 0 Å². The van der Waals surface area contributed by atoms with Crippen molar-refractivity contribution in [2.24, 2.45) is 11.8 Å². The SMILES string of the molecule is CC(C)Cc1ccc(NCC(C)Cc2ccnc(N)c2)nc1. The zero-order valence-electron chi connectivity index (χ0n) is 13.7. The highest BCUT2D eigenvalue weighted by Gasteiger charge is 2.05. The van der Waals surface area contributed by atoms with E-state index < -0.39 is 0 Å². The van der Waals surface area contributed by atoms with Gasteiger partial charge in [0.15, 0.2) is 0 Å². The van der Waals surface area contributed by atoms with Gasteiger partial charge in [0, 0.05) is 18.9 Å². The van der Waals surface area contributed by atoms with Gasteiger partial charge in [-0.1, -0.05) is 26.8 Å². The van der Waals surface area contributed by atoms with Crippen molar-refractivity contribution in [1.82, 2.24) is 9.97 Å². The fraction of sp³-hybridized carbons (Fsp3) is 0.444. The fourth-order valence-electron chi connectivity index (χ4n) is 2.50. The summed E-state index contributed by atoms with van der Waals surface area (Å²) in [6, 6.07) is 8.18. The van der Waals surface area contributed by atoms with Gasteiger partial charge < -0.3 is 11.1 Å². The Morgan fingerprint density at radius 2 is 1.86 bits per heavy atom. The Balaban J connectivity index is 1.82. The summed E-state index contributed by atoms with van der Waals surface area (Å²) < 4.78 is 0. The van der Waals surface area contributed by atoms with Gasteiger partial charge in [-0.25, -0.2) is 9.97 Å². The lowest BCUT2D eigenvalue weighted by molar-refractivity contribution is 0.610. The third-order valence-electron chi connectivity index (χ3n) is 3.53.